The Balaban J connectivity index is 1.82. The summed E-state index contributed by atoms with van der Waals surface area (Å²) in [5.41, 5.74) is 6.49. The summed E-state index contributed by atoms with van der Waals surface area (Å²) in [6, 6.07) is 0. The average Bonchev–Trinajstić information content (AvgIpc) is 2.88. The molecule has 3 rings (SSSR count). The first-order chi connectivity index (χ1) is 10.9. The molecule has 1 atom stereocenters. The zero-order valence-corrected chi connectivity index (χ0v) is 13.9. The van der Waals surface area contributed by atoms with Gasteiger partial charge in [-0.15, -0.1) is 5.10 Å². The van der Waals surface area contributed by atoms with E-state index in [9.17, 15) is 4.79 Å². The summed E-state index contributed by atoms with van der Waals surface area (Å²) < 4.78 is 1.65. The van der Waals surface area contributed by atoms with Crippen molar-refractivity contribution in [2.75, 3.05) is 18.0 Å². The number of fused-ring (bicyclic) bond motifs is 1. The van der Waals surface area contributed by atoms with Crippen molar-refractivity contribution in [3.05, 3.63) is 6.33 Å². The third kappa shape index (κ3) is 2.97. The minimum atomic E-state index is -0.485. The van der Waals surface area contributed by atoms with Gasteiger partial charge in [0.05, 0.1) is 0 Å². The van der Waals surface area contributed by atoms with E-state index in [4.69, 9.17) is 5.73 Å². The van der Waals surface area contributed by atoms with Crippen LogP contribution in [0, 0.1) is 11.3 Å². The maximum absolute atomic E-state index is 11.6. The Kier molecular flexibility index (Phi) is 3.91. The number of piperidine rings is 1. The van der Waals surface area contributed by atoms with Crippen molar-refractivity contribution < 1.29 is 4.79 Å². The van der Waals surface area contributed by atoms with E-state index >= 15 is 0 Å². The van der Waals surface area contributed by atoms with E-state index in [-0.39, 0.29) is 5.91 Å². The number of primary amides is 1. The number of rotatable bonds is 4. The molecule has 8 nitrogen and oxygen atoms in total. The quantitative estimate of drug-likeness (QED) is 0.898. The van der Waals surface area contributed by atoms with Crippen molar-refractivity contribution in [3.8, 4) is 0 Å². The fourth-order valence-electron chi connectivity index (χ4n) is 3.32. The Labute approximate surface area is 135 Å². The van der Waals surface area contributed by atoms with Gasteiger partial charge in [-0.25, -0.2) is 14.6 Å². The second kappa shape index (κ2) is 5.75. The topological polar surface area (TPSA) is 103 Å². The fraction of sp³-hybridized carbons (Fsp3) is 0.667. The van der Waals surface area contributed by atoms with Crippen LogP contribution in [0.2, 0.25) is 0 Å². The molecule has 0 aliphatic carbocycles. The van der Waals surface area contributed by atoms with Crippen LogP contribution in [0.15, 0.2) is 6.33 Å². The van der Waals surface area contributed by atoms with Gasteiger partial charge in [0.1, 0.15) is 6.33 Å². The van der Waals surface area contributed by atoms with Gasteiger partial charge >= 0.3 is 0 Å². The standard InChI is InChI=1S/C15H23N7O/c1-15(2,14(16)23)7-10-5-4-6-22(8-10)13-11-12(17-9-18-13)21(3)20-19-11/h9-10H,4-8H2,1-3H3,(H2,16,23). The zero-order valence-electron chi connectivity index (χ0n) is 13.9. The monoisotopic (exact) mass is 317 g/mol. The molecule has 0 radical (unpaired) electrons. The van der Waals surface area contributed by atoms with Crippen molar-refractivity contribution in [3.63, 3.8) is 0 Å². The first-order valence-electron chi connectivity index (χ1n) is 7.94. The number of nitrogens with two attached hydrogens (primary N) is 1. The van der Waals surface area contributed by atoms with E-state index in [1.807, 2.05) is 20.9 Å². The Morgan fingerprint density at radius 2 is 2.22 bits per heavy atom. The van der Waals surface area contributed by atoms with Crippen LogP contribution in [-0.4, -0.2) is 44.0 Å². The molecule has 0 aromatic carbocycles. The summed E-state index contributed by atoms with van der Waals surface area (Å²) >= 11 is 0. The highest BCUT2D eigenvalue weighted by Gasteiger charge is 2.32. The van der Waals surface area contributed by atoms with Gasteiger partial charge in [0, 0.05) is 25.6 Å². The predicted octanol–water partition coefficient (Wildman–Crippen LogP) is 0.876. The van der Waals surface area contributed by atoms with Crippen LogP contribution in [0.3, 0.4) is 0 Å². The summed E-state index contributed by atoms with van der Waals surface area (Å²) in [5.74, 6) is 0.991. The molecule has 1 fully saturated rings. The lowest BCUT2D eigenvalue weighted by Gasteiger charge is -2.36. The normalized spacial score (nSPS) is 19.3. The van der Waals surface area contributed by atoms with Crippen molar-refractivity contribution in [1.82, 2.24) is 25.0 Å². The zero-order chi connectivity index (χ0) is 16.6. The molecule has 2 aromatic heterocycles. The van der Waals surface area contributed by atoms with Crippen molar-refractivity contribution >= 4 is 22.9 Å². The molecule has 0 saturated carbocycles. The van der Waals surface area contributed by atoms with E-state index < -0.39 is 5.41 Å². The van der Waals surface area contributed by atoms with Crippen LogP contribution in [0.4, 0.5) is 5.82 Å². The van der Waals surface area contributed by atoms with Crippen LogP contribution in [0.5, 0.6) is 0 Å². The molecule has 8 heteroatoms. The molecule has 0 spiro atoms. The molecule has 1 aliphatic rings. The third-order valence-corrected chi connectivity index (χ3v) is 4.65. The van der Waals surface area contributed by atoms with Gasteiger partial charge in [0.25, 0.3) is 0 Å². The largest absolute Gasteiger partial charge is 0.369 e. The Morgan fingerprint density at radius 1 is 1.43 bits per heavy atom. The van der Waals surface area contributed by atoms with Gasteiger partial charge in [-0.2, -0.15) is 0 Å². The van der Waals surface area contributed by atoms with Crippen LogP contribution in [0.25, 0.3) is 11.2 Å². The van der Waals surface area contributed by atoms with Crippen molar-refractivity contribution in [2.45, 2.75) is 33.1 Å². The van der Waals surface area contributed by atoms with Crippen molar-refractivity contribution in [2.24, 2.45) is 24.1 Å². The van der Waals surface area contributed by atoms with Crippen LogP contribution in [-0.2, 0) is 11.8 Å². The molecule has 1 saturated heterocycles. The number of carbonyl (C=O) groups is 1. The fourth-order valence-corrected chi connectivity index (χ4v) is 3.32. The van der Waals surface area contributed by atoms with Gasteiger partial charge in [-0.3, -0.25) is 4.79 Å². The SMILES string of the molecule is Cn1nnc2c(N3CCCC(CC(C)(C)C(N)=O)C3)ncnc21. The van der Waals surface area contributed by atoms with E-state index in [2.05, 4.69) is 25.2 Å². The lowest BCUT2D eigenvalue weighted by atomic mass is 9.79. The van der Waals surface area contributed by atoms with Crippen LogP contribution < -0.4 is 10.6 Å². The van der Waals surface area contributed by atoms with Gasteiger partial charge < -0.3 is 10.6 Å². The number of anilines is 1. The van der Waals surface area contributed by atoms with Gasteiger partial charge in [-0.05, 0) is 25.2 Å². The molecule has 1 amide bonds. The lowest BCUT2D eigenvalue weighted by Crippen LogP contribution is -2.40. The Bertz CT molecular complexity index is 724. The number of aryl methyl sites for hydroxylation is 1. The second-order valence-corrected chi connectivity index (χ2v) is 6.99. The Morgan fingerprint density at radius 3 is 2.96 bits per heavy atom. The molecule has 1 aliphatic heterocycles. The van der Waals surface area contributed by atoms with Crippen molar-refractivity contribution in [1.29, 1.82) is 0 Å². The van der Waals surface area contributed by atoms with E-state index in [0.29, 0.717) is 5.92 Å². The summed E-state index contributed by atoms with van der Waals surface area (Å²) in [5, 5.41) is 8.22. The molecular weight excluding hydrogens is 294 g/mol. The first-order valence-corrected chi connectivity index (χ1v) is 7.94. The lowest BCUT2D eigenvalue weighted by molar-refractivity contribution is -0.126. The van der Waals surface area contributed by atoms with E-state index in [0.717, 1.165) is 49.3 Å². The molecule has 0 bridgehead atoms. The summed E-state index contributed by atoms with van der Waals surface area (Å²) in [6.45, 7) is 5.61. The van der Waals surface area contributed by atoms with Gasteiger partial charge in [0.2, 0.25) is 5.91 Å². The maximum Gasteiger partial charge on any atom is 0.223 e. The highest BCUT2D eigenvalue weighted by Crippen LogP contribution is 2.32. The molecule has 23 heavy (non-hydrogen) atoms. The number of amides is 1. The first kappa shape index (κ1) is 15.6. The number of carbonyl (C=O) groups excluding carboxylic acids is 1. The molecule has 1 unspecified atom stereocenters. The minimum absolute atomic E-state index is 0.243. The maximum atomic E-state index is 11.6. The molecule has 2 aromatic rings. The smallest absolute Gasteiger partial charge is 0.223 e. The van der Waals surface area contributed by atoms with Gasteiger partial charge in [0.15, 0.2) is 17.0 Å². The molecule has 124 valence electrons. The average molecular weight is 317 g/mol. The van der Waals surface area contributed by atoms with E-state index in [1.54, 1.807) is 11.0 Å². The molecule has 2 N–H and O–H groups in total. The second-order valence-electron chi connectivity index (χ2n) is 6.99. The van der Waals surface area contributed by atoms with Crippen LogP contribution >= 0.6 is 0 Å². The minimum Gasteiger partial charge on any atom is -0.369 e. The predicted molar refractivity (Wildman–Crippen MR) is 86.6 cm³/mol. The molecule has 3 heterocycles. The van der Waals surface area contributed by atoms with Crippen LogP contribution in [0.1, 0.15) is 33.1 Å². The number of aromatic nitrogens is 5. The molecular formula is C15H23N7O. The summed E-state index contributed by atoms with van der Waals surface area (Å²) in [7, 11) is 1.82. The van der Waals surface area contributed by atoms with E-state index in [1.165, 1.54) is 0 Å². The highest BCUT2D eigenvalue weighted by molar-refractivity contribution is 5.82. The highest BCUT2D eigenvalue weighted by atomic mass is 16.1. The van der Waals surface area contributed by atoms with Gasteiger partial charge in [-0.1, -0.05) is 19.1 Å². The number of nitrogens with zero attached hydrogens (tertiary/aromatic N) is 6. The third-order valence-electron chi connectivity index (χ3n) is 4.65. The summed E-state index contributed by atoms with van der Waals surface area (Å²) in [4.78, 5) is 22.5. The summed E-state index contributed by atoms with van der Waals surface area (Å²) in [6.07, 6.45) is 4.50. The number of hydrogen-bond donors (Lipinski definition) is 1. The Hall–Kier alpha value is -2.25. The number of hydrogen-bond acceptors (Lipinski definition) is 6.